The molecule has 0 fully saturated rings. The number of aromatic nitrogens is 5. The van der Waals surface area contributed by atoms with Crippen molar-refractivity contribution >= 4 is 21.8 Å². The van der Waals surface area contributed by atoms with Crippen molar-refractivity contribution in [3.8, 4) is 51.0 Å². The molecule has 3 heterocycles. The van der Waals surface area contributed by atoms with Gasteiger partial charge in [-0.3, -0.25) is 4.98 Å². The van der Waals surface area contributed by atoms with Crippen LogP contribution in [0.3, 0.4) is 0 Å². The Morgan fingerprint density at radius 1 is 0.372 bits per heavy atom. The molecular formula is C38H25N5. The zero-order chi connectivity index (χ0) is 28.6. The maximum absolute atomic E-state index is 5.12. The Morgan fingerprint density at radius 2 is 0.860 bits per heavy atom. The van der Waals surface area contributed by atoms with E-state index in [0.29, 0.717) is 17.5 Å². The number of fused-ring (bicyclic) bond motifs is 3. The van der Waals surface area contributed by atoms with Gasteiger partial charge in [0.2, 0.25) is 0 Å². The van der Waals surface area contributed by atoms with E-state index in [-0.39, 0.29) is 0 Å². The number of nitrogens with zero attached hydrogens (tertiary/aromatic N) is 5. The predicted octanol–water partition coefficient (Wildman–Crippen LogP) is 9.03. The van der Waals surface area contributed by atoms with Crippen molar-refractivity contribution < 1.29 is 0 Å². The molecule has 3 aromatic heterocycles. The minimum absolute atomic E-state index is 0.612. The molecule has 0 atom stereocenters. The molecule has 0 saturated heterocycles. The number of rotatable bonds is 5. The third-order valence-corrected chi connectivity index (χ3v) is 7.77. The summed E-state index contributed by atoms with van der Waals surface area (Å²) in [6, 6.07) is 47.8. The van der Waals surface area contributed by atoms with Gasteiger partial charge >= 0.3 is 0 Å². The van der Waals surface area contributed by atoms with Crippen LogP contribution in [0, 0.1) is 0 Å². The zero-order valence-electron chi connectivity index (χ0n) is 23.2. The first-order valence-corrected chi connectivity index (χ1v) is 14.2. The second kappa shape index (κ2) is 10.5. The SMILES string of the molecule is c1ccc(-c2nc(-c3ccccc3)nc(-c3cccc(-c4ccncc4)c3-n3c4ccccc4c4ccccc43)n2)cc1. The van der Waals surface area contributed by atoms with E-state index in [4.69, 9.17) is 15.0 Å². The Morgan fingerprint density at radius 3 is 1.44 bits per heavy atom. The number of benzene rings is 5. The summed E-state index contributed by atoms with van der Waals surface area (Å²) in [5, 5.41) is 2.39. The Bertz CT molecular complexity index is 2110. The van der Waals surface area contributed by atoms with Gasteiger partial charge in [-0.05, 0) is 35.9 Å². The van der Waals surface area contributed by atoms with Gasteiger partial charge < -0.3 is 4.57 Å². The van der Waals surface area contributed by atoms with Crippen LogP contribution >= 0.6 is 0 Å². The van der Waals surface area contributed by atoms with E-state index in [2.05, 4.69) is 88.4 Å². The molecule has 8 rings (SSSR count). The summed E-state index contributed by atoms with van der Waals surface area (Å²) < 4.78 is 2.35. The Balaban J connectivity index is 1.49. The third-order valence-electron chi connectivity index (χ3n) is 7.77. The molecule has 0 bridgehead atoms. The predicted molar refractivity (Wildman–Crippen MR) is 174 cm³/mol. The first kappa shape index (κ1) is 24.8. The van der Waals surface area contributed by atoms with Crippen molar-refractivity contribution in [3.05, 3.63) is 152 Å². The van der Waals surface area contributed by atoms with Crippen LogP contribution in [-0.2, 0) is 0 Å². The highest BCUT2D eigenvalue weighted by Gasteiger charge is 2.22. The van der Waals surface area contributed by atoms with Crippen LogP contribution < -0.4 is 0 Å². The van der Waals surface area contributed by atoms with Gasteiger partial charge in [0.15, 0.2) is 17.5 Å². The number of hydrogen-bond acceptors (Lipinski definition) is 4. The summed E-state index contributed by atoms with van der Waals surface area (Å²) in [5.41, 5.74) is 8.16. The fraction of sp³-hybridized carbons (Fsp3) is 0. The lowest BCUT2D eigenvalue weighted by Gasteiger charge is -2.19. The molecule has 0 N–H and O–H groups in total. The molecule has 0 aliphatic heterocycles. The van der Waals surface area contributed by atoms with Crippen molar-refractivity contribution in [2.24, 2.45) is 0 Å². The summed E-state index contributed by atoms with van der Waals surface area (Å²) >= 11 is 0. The maximum Gasteiger partial charge on any atom is 0.166 e. The molecule has 0 unspecified atom stereocenters. The molecule has 43 heavy (non-hydrogen) atoms. The normalized spacial score (nSPS) is 11.3. The second-order valence-corrected chi connectivity index (χ2v) is 10.3. The first-order chi connectivity index (χ1) is 21.3. The summed E-state index contributed by atoms with van der Waals surface area (Å²) in [4.78, 5) is 19.5. The highest BCUT2D eigenvalue weighted by molar-refractivity contribution is 6.10. The minimum atomic E-state index is 0.612. The summed E-state index contributed by atoms with van der Waals surface area (Å²) in [6.07, 6.45) is 3.67. The van der Waals surface area contributed by atoms with Gasteiger partial charge in [0.1, 0.15) is 0 Å². The van der Waals surface area contributed by atoms with Gasteiger partial charge in [-0.15, -0.1) is 0 Å². The molecule has 0 amide bonds. The number of hydrogen-bond donors (Lipinski definition) is 0. The summed E-state index contributed by atoms with van der Waals surface area (Å²) in [7, 11) is 0. The monoisotopic (exact) mass is 551 g/mol. The average molecular weight is 552 g/mol. The fourth-order valence-electron chi connectivity index (χ4n) is 5.82. The lowest BCUT2D eigenvalue weighted by Crippen LogP contribution is -2.05. The van der Waals surface area contributed by atoms with Crippen LogP contribution in [-0.4, -0.2) is 24.5 Å². The van der Waals surface area contributed by atoms with Crippen LogP contribution in [0.4, 0.5) is 0 Å². The topological polar surface area (TPSA) is 56.5 Å². The van der Waals surface area contributed by atoms with Gasteiger partial charge in [-0.2, -0.15) is 0 Å². The zero-order valence-corrected chi connectivity index (χ0v) is 23.2. The molecule has 8 aromatic rings. The van der Waals surface area contributed by atoms with E-state index in [1.54, 1.807) is 0 Å². The van der Waals surface area contributed by atoms with Gasteiger partial charge in [0, 0.05) is 45.4 Å². The maximum atomic E-state index is 5.12. The molecule has 0 saturated carbocycles. The quantitative estimate of drug-likeness (QED) is 0.214. The largest absolute Gasteiger partial charge is 0.308 e. The minimum Gasteiger partial charge on any atom is -0.308 e. The van der Waals surface area contributed by atoms with Crippen LogP contribution in [0.5, 0.6) is 0 Å². The van der Waals surface area contributed by atoms with Crippen molar-refractivity contribution in [1.82, 2.24) is 24.5 Å². The molecule has 5 aromatic carbocycles. The van der Waals surface area contributed by atoms with Crippen molar-refractivity contribution in [1.29, 1.82) is 0 Å². The van der Waals surface area contributed by atoms with Crippen molar-refractivity contribution in [2.45, 2.75) is 0 Å². The highest BCUT2D eigenvalue weighted by Crippen LogP contribution is 2.40. The Kier molecular flexibility index (Phi) is 6.05. The van der Waals surface area contributed by atoms with E-state index in [1.165, 1.54) is 10.8 Å². The summed E-state index contributed by atoms with van der Waals surface area (Å²) in [6.45, 7) is 0. The second-order valence-electron chi connectivity index (χ2n) is 10.3. The lowest BCUT2D eigenvalue weighted by molar-refractivity contribution is 1.06. The molecule has 0 aliphatic carbocycles. The molecule has 0 spiro atoms. The highest BCUT2D eigenvalue weighted by atomic mass is 15.1. The fourth-order valence-corrected chi connectivity index (χ4v) is 5.82. The van der Waals surface area contributed by atoms with Gasteiger partial charge in [0.25, 0.3) is 0 Å². The van der Waals surface area contributed by atoms with Gasteiger partial charge in [0.05, 0.1) is 16.7 Å². The average Bonchev–Trinajstić information content (AvgIpc) is 3.43. The van der Waals surface area contributed by atoms with E-state index in [1.807, 2.05) is 73.1 Å². The molecule has 5 nitrogen and oxygen atoms in total. The third kappa shape index (κ3) is 4.35. The molecule has 0 radical (unpaired) electrons. The van der Waals surface area contributed by atoms with E-state index < -0.39 is 0 Å². The van der Waals surface area contributed by atoms with Crippen LogP contribution in [0.15, 0.2) is 152 Å². The number of pyridine rings is 1. The molecule has 202 valence electrons. The van der Waals surface area contributed by atoms with Gasteiger partial charge in [-0.1, -0.05) is 109 Å². The molecule has 5 heteroatoms. The van der Waals surface area contributed by atoms with Crippen molar-refractivity contribution in [2.75, 3.05) is 0 Å². The van der Waals surface area contributed by atoms with Gasteiger partial charge in [-0.25, -0.2) is 15.0 Å². The van der Waals surface area contributed by atoms with E-state index in [9.17, 15) is 0 Å². The first-order valence-electron chi connectivity index (χ1n) is 14.2. The van der Waals surface area contributed by atoms with Crippen molar-refractivity contribution in [3.63, 3.8) is 0 Å². The Labute approximate surface area is 248 Å². The Hall–Kier alpha value is -5.94. The number of para-hydroxylation sites is 3. The molecular weight excluding hydrogens is 526 g/mol. The van der Waals surface area contributed by atoms with E-state index >= 15 is 0 Å². The van der Waals surface area contributed by atoms with Crippen LogP contribution in [0.2, 0.25) is 0 Å². The van der Waals surface area contributed by atoms with Crippen LogP contribution in [0.1, 0.15) is 0 Å². The molecule has 0 aliphatic rings. The van der Waals surface area contributed by atoms with Crippen LogP contribution in [0.25, 0.3) is 72.8 Å². The standard InChI is InChI=1S/C38H25N5/c1-3-12-27(13-4-1)36-40-37(28-14-5-2-6-15-28)42-38(41-36)32-19-11-18-29(26-22-24-39-25-23-26)35(32)43-33-20-9-7-16-30(33)31-17-8-10-21-34(31)43/h1-25H. The summed E-state index contributed by atoms with van der Waals surface area (Å²) in [5.74, 6) is 1.87. The smallest absolute Gasteiger partial charge is 0.166 e. The van der Waals surface area contributed by atoms with E-state index in [0.717, 1.165) is 44.5 Å². The lowest BCUT2D eigenvalue weighted by atomic mass is 9.99.